The maximum absolute atomic E-state index is 12.4. The van der Waals surface area contributed by atoms with Crippen molar-refractivity contribution < 1.29 is 19.2 Å². The summed E-state index contributed by atoms with van der Waals surface area (Å²) >= 11 is 0. The third-order valence-electron chi connectivity index (χ3n) is 4.66. The van der Waals surface area contributed by atoms with Gasteiger partial charge in [-0.1, -0.05) is 54.6 Å². The van der Waals surface area contributed by atoms with Gasteiger partial charge in [0.05, 0.1) is 14.1 Å². The predicted octanol–water partition coefficient (Wildman–Crippen LogP) is 2.26. The molecule has 0 fully saturated rings. The molecule has 0 aromatic heterocycles. The van der Waals surface area contributed by atoms with Gasteiger partial charge in [0.25, 0.3) is 5.91 Å². The van der Waals surface area contributed by atoms with Crippen LogP contribution in [0.25, 0.3) is 0 Å². The quantitative estimate of drug-likeness (QED) is 0.539. The van der Waals surface area contributed by atoms with Crippen LogP contribution in [-0.4, -0.2) is 32.4 Å². The molecule has 0 aliphatic heterocycles. The van der Waals surface area contributed by atoms with Crippen LogP contribution < -0.4 is 15.0 Å². The second-order valence-corrected chi connectivity index (χ2v) is 7.44. The minimum absolute atomic E-state index is 0.0434. The maximum atomic E-state index is 12.4. The highest BCUT2D eigenvalue weighted by Crippen LogP contribution is 2.15. The van der Waals surface area contributed by atoms with Gasteiger partial charge in [0.2, 0.25) is 0 Å². The molecule has 30 heavy (non-hydrogen) atoms. The first-order chi connectivity index (χ1) is 14.5. The van der Waals surface area contributed by atoms with Gasteiger partial charge in [-0.05, 0) is 29.8 Å². The summed E-state index contributed by atoms with van der Waals surface area (Å²) in [6.45, 7) is 1.29. The molecule has 0 unspecified atom stereocenters. The minimum atomic E-state index is -0.188. The number of benzene rings is 3. The molecule has 0 heterocycles. The van der Waals surface area contributed by atoms with E-state index in [1.54, 1.807) is 36.4 Å². The Kier molecular flexibility index (Phi) is 7.35. The van der Waals surface area contributed by atoms with E-state index >= 15 is 0 Å². The van der Waals surface area contributed by atoms with Gasteiger partial charge in [-0.2, -0.15) is 0 Å². The first-order valence-corrected chi connectivity index (χ1v) is 9.98. The molecule has 5 heteroatoms. The molecule has 0 aliphatic carbocycles. The SMILES string of the molecule is C[NH+](C)Cc1ccccc1CNC(=O)COc1ccc(C(=O)c2ccccc2)cc1. The molecule has 2 N–H and O–H groups in total. The van der Waals surface area contributed by atoms with E-state index in [1.165, 1.54) is 10.5 Å². The van der Waals surface area contributed by atoms with Crippen LogP contribution in [-0.2, 0) is 17.9 Å². The van der Waals surface area contributed by atoms with E-state index in [9.17, 15) is 9.59 Å². The lowest BCUT2D eigenvalue weighted by Crippen LogP contribution is -3.04. The van der Waals surface area contributed by atoms with E-state index in [0.717, 1.165) is 12.1 Å². The van der Waals surface area contributed by atoms with Crippen LogP contribution in [0.1, 0.15) is 27.0 Å². The minimum Gasteiger partial charge on any atom is -0.484 e. The number of amides is 1. The molecule has 0 saturated heterocycles. The van der Waals surface area contributed by atoms with Crippen LogP contribution in [0.3, 0.4) is 0 Å². The Bertz CT molecular complexity index is 983. The number of hydrogen-bond donors (Lipinski definition) is 2. The zero-order chi connectivity index (χ0) is 21.3. The number of carbonyl (C=O) groups excluding carboxylic acids is 2. The molecule has 0 saturated carbocycles. The maximum Gasteiger partial charge on any atom is 0.258 e. The largest absolute Gasteiger partial charge is 0.484 e. The van der Waals surface area contributed by atoms with Crippen molar-refractivity contribution >= 4 is 11.7 Å². The van der Waals surface area contributed by atoms with Crippen LogP contribution in [0.5, 0.6) is 5.75 Å². The first-order valence-electron chi connectivity index (χ1n) is 9.98. The van der Waals surface area contributed by atoms with Gasteiger partial charge in [-0.3, -0.25) is 9.59 Å². The van der Waals surface area contributed by atoms with Crippen LogP contribution in [0, 0.1) is 0 Å². The fourth-order valence-corrected chi connectivity index (χ4v) is 3.14. The summed E-state index contributed by atoms with van der Waals surface area (Å²) in [6, 6.07) is 24.1. The topological polar surface area (TPSA) is 59.8 Å². The average molecular weight is 404 g/mol. The van der Waals surface area contributed by atoms with Gasteiger partial charge in [0.15, 0.2) is 12.4 Å². The molecule has 0 atom stereocenters. The fraction of sp³-hybridized carbons (Fsp3) is 0.200. The van der Waals surface area contributed by atoms with Crippen molar-refractivity contribution in [2.24, 2.45) is 0 Å². The Balaban J connectivity index is 1.50. The molecule has 0 aliphatic rings. The number of hydrogen-bond acceptors (Lipinski definition) is 3. The molecule has 0 radical (unpaired) electrons. The number of rotatable bonds is 9. The lowest BCUT2D eigenvalue weighted by molar-refractivity contribution is -0.872. The van der Waals surface area contributed by atoms with Gasteiger partial charge >= 0.3 is 0 Å². The first kappa shape index (κ1) is 21.3. The number of carbonyl (C=O) groups is 2. The predicted molar refractivity (Wildman–Crippen MR) is 117 cm³/mol. The monoisotopic (exact) mass is 403 g/mol. The van der Waals surface area contributed by atoms with E-state index in [1.807, 2.05) is 36.4 Å². The Morgan fingerprint density at radius 2 is 1.40 bits per heavy atom. The highest BCUT2D eigenvalue weighted by Gasteiger charge is 2.10. The van der Waals surface area contributed by atoms with E-state index in [0.29, 0.717) is 23.4 Å². The highest BCUT2D eigenvalue weighted by molar-refractivity contribution is 6.08. The summed E-state index contributed by atoms with van der Waals surface area (Å²) in [6.07, 6.45) is 0. The lowest BCUT2D eigenvalue weighted by atomic mass is 10.0. The second-order valence-electron chi connectivity index (χ2n) is 7.44. The van der Waals surface area contributed by atoms with Crippen LogP contribution in [0.4, 0.5) is 0 Å². The average Bonchev–Trinajstić information content (AvgIpc) is 2.77. The van der Waals surface area contributed by atoms with Gasteiger partial charge in [-0.15, -0.1) is 0 Å². The summed E-state index contributed by atoms with van der Waals surface area (Å²) in [5.41, 5.74) is 3.55. The highest BCUT2D eigenvalue weighted by atomic mass is 16.5. The Hall–Kier alpha value is -3.44. The molecule has 5 nitrogen and oxygen atoms in total. The lowest BCUT2D eigenvalue weighted by Gasteiger charge is -2.13. The van der Waals surface area contributed by atoms with Crippen molar-refractivity contribution in [3.8, 4) is 5.75 Å². The smallest absolute Gasteiger partial charge is 0.258 e. The second kappa shape index (κ2) is 10.4. The van der Waals surface area contributed by atoms with E-state index in [-0.39, 0.29) is 18.3 Å². The molecular formula is C25H27N2O3+. The summed E-state index contributed by atoms with van der Waals surface area (Å²) in [5, 5.41) is 2.91. The molecule has 3 aromatic rings. The number of nitrogens with one attached hydrogen (secondary N) is 2. The number of ether oxygens (including phenoxy) is 1. The Morgan fingerprint density at radius 1 is 0.800 bits per heavy atom. The van der Waals surface area contributed by atoms with E-state index < -0.39 is 0 Å². The van der Waals surface area contributed by atoms with Crippen LogP contribution >= 0.6 is 0 Å². The zero-order valence-electron chi connectivity index (χ0n) is 17.4. The van der Waals surface area contributed by atoms with Crippen LogP contribution in [0.2, 0.25) is 0 Å². The fourth-order valence-electron chi connectivity index (χ4n) is 3.14. The summed E-state index contributed by atoms with van der Waals surface area (Å²) in [7, 11) is 4.20. The molecule has 3 aromatic carbocycles. The van der Waals surface area contributed by atoms with Crippen molar-refractivity contribution in [2.45, 2.75) is 13.1 Å². The molecule has 1 amide bonds. The normalized spacial score (nSPS) is 10.6. The Labute approximate surface area is 177 Å². The van der Waals surface area contributed by atoms with Gasteiger partial charge in [-0.25, -0.2) is 0 Å². The third kappa shape index (κ3) is 6.03. The zero-order valence-corrected chi connectivity index (χ0v) is 17.4. The van der Waals surface area contributed by atoms with Crippen molar-refractivity contribution in [2.75, 3.05) is 20.7 Å². The number of ketones is 1. The van der Waals surface area contributed by atoms with Crippen molar-refractivity contribution in [3.05, 3.63) is 101 Å². The van der Waals surface area contributed by atoms with Gasteiger partial charge < -0.3 is 15.0 Å². The summed E-state index contributed by atoms with van der Waals surface area (Å²) in [5.74, 6) is 0.316. The van der Waals surface area contributed by atoms with Crippen molar-refractivity contribution in [3.63, 3.8) is 0 Å². The Morgan fingerprint density at radius 3 is 2.07 bits per heavy atom. The molecular weight excluding hydrogens is 376 g/mol. The van der Waals surface area contributed by atoms with Gasteiger partial charge in [0, 0.05) is 23.2 Å². The summed E-state index contributed by atoms with van der Waals surface area (Å²) < 4.78 is 5.56. The molecule has 0 bridgehead atoms. The van der Waals surface area contributed by atoms with Crippen molar-refractivity contribution in [1.29, 1.82) is 0 Å². The van der Waals surface area contributed by atoms with Crippen molar-refractivity contribution in [1.82, 2.24) is 5.32 Å². The molecule has 0 spiro atoms. The van der Waals surface area contributed by atoms with E-state index in [2.05, 4.69) is 25.5 Å². The van der Waals surface area contributed by atoms with E-state index in [4.69, 9.17) is 4.74 Å². The molecule has 3 rings (SSSR count). The number of quaternary nitrogens is 1. The standard InChI is InChI=1S/C25H26N2O3/c1-27(2)17-22-11-7-6-10-21(22)16-26-24(28)18-30-23-14-12-20(13-15-23)25(29)19-8-4-3-5-9-19/h3-15H,16-18H2,1-2H3,(H,26,28)/p+1. The van der Waals surface area contributed by atoms with Gasteiger partial charge in [0.1, 0.15) is 12.3 Å². The summed E-state index contributed by atoms with van der Waals surface area (Å²) in [4.78, 5) is 25.9. The third-order valence-corrected chi connectivity index (χ3v) is 4.66. The molecule has 154 valence electrons. The van der Waals surface area contributed by atoms with Crippen LogP contribution in [0.15, 0.2) is 78.9 Å².